The number of rotatable bonds is 2. The van der Waals surface area contributed by atoms with E-state index in [0.717, 1.165) is 11.1 Å². The summed E-state index contributed by atoms with van der Waals surface area (Å²) in [6.07, 6.45) is 0.913. The first-order chi connectivity index (χ1) is 9.42. The Morgan fingerprint density at radius 1 is 1.35 bits per heavy atom. The molecule has 0 spiro atoms. The molecule has 1 aliphatic rings. The Bertz CT molecular complexity index is 563. The quantitative estimate of drug-likeness (QED) is 0.822. The van der Waals surface area contributed by atoms with Crippen LogP contribution in [0.2, 0.25) is 10.0 Å². The summed E-state index contributed by atoms with van der Waals surface area (Å²) in [5.41, 5.74) is 6.87. The Kier molecular flexibility index (Phi) is 4.40. The molecule has 0 saturated carbocycles. The van der Waals surface area contributed by atoms with Gasteiger partial charge in [-0.15, -0.1) is 0 Å². The molecule has 20 heavy (non-hydrogen) atoms. The highest BCUT2D eigenvalue weighted by Crippen LogP contribution is 2.38. The normalized spacial score (nSPS) is 20.9. The van der Waals surface area contributed by atoms with Crippen LogP contribution in [0.25, 0.3) is 0 Å². The summed E-state index contributed by atoms with van der Waals surface area (Å²) < 4.78 is 4.77. The van der Waals surface area contributed by atoms with E-state index in [4.69, 9.17) is 33.7 Å². The van der Waals surface area contributed by atoms with Gasteiger partial charge in [-0.3, -0.25) is 4.79 Å². The molecule has 0 aliphatic heterocycles. The van der Waals surface area contributed by atoms with Crippen LogP contribution >= 0.6 is 23.2 Å². The fourth-order valence-corrected chi connectivity index (χ4v) is 2.88. The Morgan fingerprint density at radius 2 is 2.00 bits per heavy atom. The average Bonchev–Trinajstić information content (AvgIpc) is 2.39. The molecular formula is C13H14Cl2N2O3. The van der Waals surface area contributed by atoms with Crippen LogP contribution in [-0.2, 0) is 16.0 Å². The number of methoxy groups -OCH3 is 1. The van der Waals surface area contributed by atoms with E-state index in [0.29, 0.717) is 22.9 Å². The zero-order chi connectivity index (χ0) is 14.9. The molecule has 0 fully saturated rings. The van der Waals surface area contributed by atoms with Gasteiger partial charge < -0.3 is 15.8 Å². The van der Waals surface area contributed by atoms with Crippen LogP contribution in [-0.4, -0.2) is 19.1 Å². The number of fused-ring (bicyclic) bond motifs is 1. The largest absolute Gasteiger partial charge is 0.469 e. The maximum absolute atomic E-state index is 11.7. The second kappa shape index (κ2) is 5.89. The molecule has 1 aromatic rings. The number of nitrogens with one attached hydrogen (secondary N) is 1. The lowest BCUT2D eigenvalue weighted by Gasteiger charge is -2.30. The highest BCUT2D eigenvalue weighted by molar-refractivity contribution is 6.42. The molecule has 1 aliphatic carbocycles. The fourth-order valence-electron chi connectivity index (χ4n) is 2.52. The summed E-state index contributed by atoms with van der Waals surface area (Å²) in [7, 11) is 1.34. The number of ether oxygens (including phenoxy) is 1. The van der Waals surface area contributed by atoms with Gasteiger partial charge in [-0.05, 0) is 36.1 Å². The van der Waals surface area contributed by atoms with Crippen molar-refractivity contribution in [3.63, 3.8) is 0 Å². The molecular weight excluding hydrogens is 303 g/mol. The van der Waals surface area contributed by atoms with Crippen LogP contribution in [0.15, 0.2) is 12.1 Å². The van der Waals surface area contributed by atoms with Crippen LogP contribution in [0.4, 0.5) is 4.79 Å². The fraction of sp³-hybridized carbons (Fsp3) is 0.385. The van der Waals surface area contributed by atoms with E-state index >= 15 is 0 Å². The van der Waals surface area contributed by atoms with Crippen molar-refractivity contribution in [1.29, 1.82) is 0 Å². The van der Waals surface area contributed by atoms with Crippen LogP contribution in [0.5, 0.6) is 0 Å². The molecule has 0 unspecified atom stereocenters. The zero-order valence-corrected chi connectivity index (χ0v) is 12.3. The number of primary amides is 1. The van der Waals surface area contributed by atoms with E-state index in [1.54, 1.807) is 12.1 Å². The lowest BCUT2D eigenvalue weighted by Crippen LogP contribution is -2.38. The van der Waals surface area contributed by atoms with Crippen molar-refractivity contribution in [2.75, 3.05) is 7.11 Å². The number of hydrogen-bond acceptors (Lipinski definition) is 3. The first-order valence-corrected chi connectivity index (χ1v) is 6.79. The standard InChI is InChI=1S/C13H14Cl2N2O3/c1-20-12(18)7-2-6-3-9(14)10(15)5-8(6)11(4-7)17-13(16)19/h3,5,7,11H,2,4H2,1H3,(H3,16,17,19)/t7-,11+/m0/s1. The van der Waals surface area contributed by atoms with Crippen LogP contribution in [0, 0.1) is 5.92 Å². The van der Waals surface area contributed by atoms with Gasteiger partial charge in [0.15, 0.2) is 0 Å². The minimum absolute atomic E-state index is 0.321. The first-order valence-electron chi connectivity index (χ1n) is 6.04. The number of halogens is 2. The summed E-state index contributed by atoms with van der Waals surface area (Å²) >= 11 is 12.0. The molecule has 0 saturated heterocycles. The minimum Gasteiger partial charge on any atom is -0.469 e. The van der Waals surface area contributed by atoms with Crippen molar-refractivity contribution in [1.82, 2.24) is 5.32 Å². The van der Waals surface area contributed by atoms with Gasteiger partial charge in [-0.1, -0.05) is 23.2 Å². The van der Waals surface area contributed by atoms with Gasteiger partial charge in [0.25, 0.3) is 0 Å². The topological polar surface area (TPSA) is 81.4 Å². The highest BCUT2D eigenvalue weighted by Gasteiger charge is 2.33. The molecule has 2 rings (SSSR count). The van der Waals surface area contributed by atoms with E-state index in [1.807, 2.05) is 0 Å². The van der Waals surface area contributed by atoms with Crippen LogP contribution in [0.3, 0.4) is 0 Å². The first kappa shape index (κ1) is 14.9. The van der Waals surface area contributed by atoms with Crippen molar-refractivity contribution in [3.05, 3.63) is 33.3 Å². The SMILES string of the molecule is COC(=O)[C@H]1Cc2cc(Cl)c(Cl)cc2[C@H](NC(N)=O)C1. The van der Waals surface area contributed by atoms with E-state index in [-0.39, 0.29) is 17.9 Å². The molecule has 5 nitrogen and oxygen atoms in total. The van der Waals surface area contributed by atoms with Crippen molar-refractivity contribution in [2.24, 2.45) is 11.7 Å². The molecule has 1 aromatic carbocycles. The summed E-state index contributed by atoms with van der Waals surface area (Å²) in [6, 6.07) is 2.38. The van der Waals surface area contributed by atoms with Crippen molar-refractivity contribution < 1.29 is 14.3 Å². The molecule has 0 aromatic heterocycles. The number of carbonyl (C=O) groups is 2. The van der Waals surface area contributed by atoms with Gasteiger partial charge in [0.05, 0.1) is 29.1 Å². The zero-order valence-electron chi connectivity index (χ0n) is 10.8. The molecule has 3 N–H and O–H groups in total. The van der Waals surface area contributed by atoms with Gasteiger partial charge >= 0.3 is 12.0 Å². The third kappa shape index (κ3) is 2.99. The maximum atomic E-state index is 11.7. The Morgan fingerprint density at radius 3 is 2.60 bits per heavy atom. The molecule has 108 valence electrons. The number of esters is 1. The van der Waals surface area contributed by atoms with Gasteiger partial charge in [-0.25, -0.2) is 4.79 Å². The summed E-state index contributed by atoms with van der Waals surface area (Å²) in [6.45, 7) is 0. The number of hydrogen-bond donors (Lipinski definition) is 2. The number of amides is 2. The monoisotopic (exact) mass is 316 g/mol. The molecule has 7 heteroatoms. The van der Waals surface area contributed by atoms with E-state index in [1.165, 1.54) is 7.11 Å². The number of nitrogens with two attached hydrogens (primary N) is 1. The van der Waals surface area contributed by atoms with Gasteiger partial charge in [0, 0.05) is 0 Å². The molecule has 2 amide bonds. The predicted molar refractivity (Wildman–Crippen MR) is 75.7 cm³/mol. The smallest absolute Gasteiger partial charge is 0.312 e. The van der Waals surface area contributed by atoms with E-state index in [9.17, 15) is 9.59 Å². The lowest BCUT2D eigenvalue weighted by molar-refractivity contribution is -0.146. The van der Waals surface area contributed by atoms with Gasteiger partial charge in [0.1, 0.15) is 0 Å². The number of benzene rings is 1. The van der Waals surface area contributed by atoms with E-state index < -0.39 is 6.03 Å². The van der Waals surface area contributed by atoms with E-state index in [2.05, 4.69) is 5.32 Å². The van der Waals surface area contributed by atoms with Crippen LogP contribution < -0.4 is 11.1 Å². The van der Waals surface area contributed by atoms with Crippen molar-refractivity contribution >= 4 is 35.2 Å². The molecule has 0 heterocycles. The maximum Gasteiger partial charge on any atom is 0.312 e. The number of urea groups is 1. The molecule has 2 atom stereocenters. The summed E-state index contributed by atoms with van der Waals surface area (Å²) in [5, 5.41) is 3.43. The second-order valence-electron chi connectivity index (χ2n) is 4.69. The average molecular weight is 317 g/mol. The molecule has 0 bridgehead atoms. The van der Waals surface area contributed by atoms with Crippen molar-refractivity contribution in [2.45, 2.75) is 18.9 Å². The Labute approximate surface area is 126 Å². The van der Waals surface area contributed by atoms with Crippen molar-refractivity contribution in [3.8, 4) is 0 Å². The third-order valence-electron chi connectivity index (χ3n) is 3.40. The van der Waals surface area contributed by atoms with Gasteiger partial charge in [0.2, 0.25) is 0 Å². The minimum atomic E-state index is -0.655. The summed E-state index contributed by atoms with van der Waals surface area (Å²) in [5.74, 6) is -0.667. The Balaban J connectivity index is 2.40. The highest BCUT2D eigenvalue weighted by atomic mass is 35.5. The van der Waals surface area contributed by atoms with Crippen LogP contribution in [0.1, 0.15) is 23.6 Å². The number of carbonyl (C=O) groups excluding carboxylic acids is 2. The summed E-state index contributed by atoms with van der Waals surface area (Å²) in [4.78, 5) is 22.8. The third-order valence-corrected chi connectivity index (χ3v) is 4.12. The second-order valence-corrected chi connectivity index (χ2v) is 5.50. The van der Waals surface area contributed by atoms with Gasteiger partial charge in [-0.2, -0.15) is 0 Å². The Hall–Kier alpha value is -1.46. The lowest BCUT2D eigenvalue weighted by atomic mass is 9.80. The molecule has 0 radical (unpaired) electrons. The predicted octanol–water partition coefficient (Wildman–Crippen LogP) is 2.44.